The molecule has 6 N–H and O–H groups in total. The largest absolute Gasteiger partial charge is 0.504 e. The first-order valence-corrected chi connectivity index (χ1v) is 3.62. The molecule has 5 heteroatoms. The third kappa shape index (κ3) is 2.77. The van der Waals surface area contributed by atoms with Gasteiger partial charge in [0.05, 0.1) is 0 Å². The molecule has 0 fully saturated rings. The van der Waals surface area contributed by atoms with Crippen molar-refractivity contribution in [2.24, 2.45) is 11.5 Å². The molecule has 0 radical (unpaired) electrons. The topological polar surface area (TPSA) is 92.5 Å². The van der Waals surface area contributed by atoms with Gasteiger partial charge in [-0.05, 0) is 17.7 Å². The Kier molecular flexibility index (Phi) is 4.55. The number of rotatable bonds is 2. The summed E-state index contributed by atoms with van der Waals surface area (Å²) in [4.78, 5) is 0. The highest BCUT2D eigenvalue weighted by Crippen LogP contribution is 2.26. The smallest absolute Gasteiger partial charge is 0.157 e. The van der Waals surface area contributed by atoms with Gasteiger partial charge in [0.15, 0.2) is 11.5 Å². The molecule has 74 valence electrons. The maximum Gasteiger partial charge on any atom is 0.157 e. The Balaban J connectivity index is 0.00000144. The number of phenolic OH excluding ortho intramolecular Hbond substituents is 2. The molecule has 1 aromatic rings. The summed E-state index contributed by atoms with van der Waals surface area (Å²) in [7, 11) is 0. The van der Waals surface area contributed by atoms with Crippen molar-refractivity contribution in [1.29, 1.82) is 0 Å². The van der Waals surface area contributed by atoms with E-state index in [0.29, 0.717) is 12.1 Å². The van der Waals surface area contributed by atoms with E-state index in [1.165, 1.54) is 12.1 Å². The van der Waals surface area contributed by atoms with Crippen LogP contribution in [0.2, 0.25) is 0 Å². The first-order chi connectivity index (χ1) is 5.65. The third-order valence-corrected chi connectivity index (χ3v) is 1.68. The first-order valence-electron chi connectivity index (χ1n) is 3.62. The minimum Gasteiger partial charge on any atom is -0.504 e. The molecule has 1 rings (SSSR count). The standard InChI is InChI=1S/C8H12N2O2.ClH/c9-4-6(10)5-1-2-7(11)8(12)3-5;/h1-3,6,11-12H,4,9-10H2;1H/t6-;/m1./s1. The van der Waals surface area contributed by atoms with Crippen LogP contribution in [0, 0.1) is 0 Å². The van der Waals surface area contributed by atoms with E-state index in [0.717, 1.165) is 0 Å². The number of halogens is 1. The van der Waals surface area contributed by atoms with Crippen LogP contribution < -0.4 is 11.5 Å². The van der Waals surface area contributed by atoms with Gasteiger partial charge in [-0.2, -0.15) is 0 Å². The van der Waals surface area contributed by atoms with Gasteiger partial charge in [0, 0.05) is 12.6 Å². The van der Waals surface area contributed by atoms with E-state index in [9.17, 15) is 0 Å². The molecular formula is C8H13ClN2O2. The molecule has 0 heterocycles. The van der Waals surface area contributed by atoms with Gasteiger partial charge in [0.2, 0.25) is 0 Å². The Bertz CT molecular complexity index is 281. The second-order valence-electron chi connectivity index (χ2n) is 2.59. The predicted octanol–water partition coefficient (Wildman–Crippen LogP) is 0.478. The van der Waals surface area contributed by atoms with Crippen LogP contribution in [0.3, 0.4) is 0 Å². The summed E-state index contributed by atoms with van der Waals surface area (Å²) in [6.45, 7) is 0.310. The van der Waals surface area contributed by atoms with Crippen LogP contribution in [0.25, 0.3) is 0 Å². The molecule has 0 bridgehead atoms. The molecule has 0 aromatic heterocycles. The van der Waals surface area contributed by atoms with Gasteiger partial charge in [-0.15, -0.1) is 12.4 Å². The van der Waals surface area contributed by atoms with E-state index in [1.807, 2.05) is 0 Å². The maximum atomic E-state index is 9.10. The summed E-state index contributed by atoms with van der Waals surface area (Å²) in [5.41, 5.74) is 11.6. The van der Waals surface area contributed by atoms with Crippen LogP contribution in [0.4, 0.5) is 0 Å². The fourth-order valence-corrected chi connectivity index (χ4v) is 0.907. The minimum atomic E-state index is -0.295. The van der Waals surface area contributed by atoms with Crippen molar-refractivity contribution in [2.75, 3.05) is 6.54 Å². The molecule has 4 nitrogen and oxygen atoms in total. The summed E-state index contributed by atoms with van der Waals surface area (Å²) in [6.07, 6.45) is 0. The molecule has 0 amide bonds. The Morgan fingerprint density at radius 1 is 1.23 bits per heavy atom. The lowest BCUT2D eigenvalue weighted by atomic mass is 10.1. The normalized spacial score (nSPS) is 11.8. The highest BCUT2D eigenvalue weighted by molar-refractivity contribution is 5.85. The van der Waals surface area contributed by atoms with Gasteiger partial charge >= 0.3 is 0 Å². The molecule has 13 heavy (non-hydrogen) atoms. The molecular weight excluding hydrogens is 192 g/mol. The van der Waals surface area contributed by atoms with Gasteiger partial charge in [-0.3, -0.25) is 0 Å². The van der Waals surface area contributed by atoms with Crippen LogP contribution in [0.1, 0.15) is 11.6 Å². The second kappa shape index (κ2) is 4.91. The van der Waals surface area contributed by atoms with Gasteiger partial charge in [-0.1, -0.05) is 6.07 Å². The zero-order valence-corrected chi connectivity index (χ0v) is 7.79. The van der Waals surface area contributed by atoms with Crippen LogP contribution in [-0.2, 0) is 0 Å². The fraction of sp³-hybridized carbons (Fsp3) is 0.250. The molecule has 1 aromatic carbocycles. The maximum absolute atomic E-state index is 9.10. The van der Waals surface area contributed by atoms with Crippen molar-refractivity contribution < 1.29 is 10.2 Å². The van der Waals surface area contributed by atoms with Gasteiger partial charge in [0.25, 0.3) is 0 Å². The van der Waals surface area contributed by atoms with Crippen LogP contribution >= 0.6 is 12.4 Å². The average Bonchev–Trinajstić information content (AvgIpc) is 2.08. The number of hydrogen-bond donors (Lipinski definition) is 4. The van der Waals surface area contributed by atoms with Gasteiger partial charge < -0.3 is 21.7 Å². The lowest BCUT2D eigenvalue weighted by Crippen LogP contribution is -2.20. The number of aromatic hydroxyl groups is 2. The molecule has 0 aliphatic heterocycles. The van der Waals surface area contributed by atoms with Crippen LogP contribution in [-0.4, -0.2) is 16.8 Å². The van der Waals surface area contributed by atoms with E-state index in [1.54, 1.807) is 6.07 Å². The van der Waals surface area contributed by atoms with Crippen LogP contribution in [0.15, 0.2) is 18.2 Å². The number of nitrogens with two attached hydrogens (primary N) is 2. The van der Waals surface area contributed by atoms with Crippen molar-refractivity contribution >= 4 is 12.4 Å². The van der Waals surface area contributed by atoms with E-state index in [4.69, 9.17) is 21.7 Å². The molecule has 1 atom stereocenters. The van der Waals surface area contributed by atoms with E-state index < -0.39 is 0 Å². The lowest BCUT2D eigenvalue weighted by molar-refractivity contribution is 0.402. The number of benzene rings is 1. The van der Waals surface area contributed by atoms with Crippen LogP contribution in [0.5, 0.6) is 11.5 Å². The van der Waals surface area contributed by atoms with Crippen molar-refractivity contribution in [2.45, 2.75) is 6.04 Å². The van der Waals surface area contributed by atoms with Crippen molar-refractivity contribution in [3.05, 3.63) is 23.8 Å². The highest BCUT2D eigenvalue weighted by atomic mass is 35.5. The zero-order chi connectivity index (χ0) is 9.14. The minimum absolute atomic E-state index is 0. The quantitative estimate of drug-likeness (QED) is 0.528. The summed E-state index contributed by atoms with van der Waals surface area (Å²) in [6, 6.07) is 4.14. The first kappa shape index (κ1) is 12.0. The molecule has 0 spiro atoms. The Hall–Kier alpha value is -0.970. The Morgan fingerprint density at radius 2 is 1.85 bits per heavy atom. The average molecular weight is 205 g/mol. The fourth-order valence-electron chi connectivity index (χ4n) is 0.907. The second-order valence-corrected chi connectivity index (χ2v) is 2.59. The lowest BCUT2D eigenvalue weighted by Gasteiger charge is -2.09. The Labute approximate surface area is 82.6 Å². The molecule has 0 saturated carbocycles. The number of phenols is 2. The zero-order valence-electron chi connectivity index (χ0n) is 6.97. The summed E-state index contributed by atoms with van der Waals surface area (Å²) < 4.78 is 0. The van der Waals surface area contributed by atoms with Crippen molar-refractivity contribution in [1.82, 2.24) is 0 Å². The van der Waals surface area contributed by atoms with Crippen molar-refractivity contribution in [3.8, 4) is 11.5 Å². The van der Waals surface area contributed by atoms with E-state index in [-0.39, 0.29) is 29.9 Å². The SMILES string of the molecule is Cl.NC[C@@H](N)c1ccc(O)c(O)c1. The summed E-state index contributed by atoms with van der Waals surface area (Å²) >= 11 is 0. The Morgan fingerprint density at radius 3 is 2.31 bits per heavy atom. The third-order valence-electron chi connectivity index (χ3n) is 1.68. The van der Waals surface area contributed by atoms with Gasteiger partial charge in [-0.25, -0.2) is 0 Å². The predicted molar refractivity (Wildman–Crippen MR) is 53.0 cm³/mol. The molecule has 0 aliphatic rings. The van der Waals surface area contributed by atoms with E-state index >= 15 is 0 Å². The van der Waals surface area contributed by atoms with E-state index in [2.05, 4.69) is 0 Å². The highest BCUT2D eigenvalue weighted by Gasteiger charge is 2.06. The summed E-state index contributed by atoms with van der Waals surface area (Å²) in [5.74, 6) is -0.320. The van der Waals surface area contributed by atoms with Crippen molar-refractivity contribution in [3.63, 3.8) is 0 Å². The molecule has 0 saturated heterocycles. The molecule has 0 unspecified atom stereocenters. The van der Waals surface area contributed by atoms with Gasteiger partial charge in [0.1, 0.15) is 0 Å². The molecule has 0 aliphatic carbocycles. The monoisotopic (exact) mass is 204 g/mol. The summed E-state index contributed by atoms with van der Waals surface area (Å²) in [5, 5.41) is 18.1. The number of hydrogen-bond acceptors (Lipinski definition) is 4.